The van der Waals surface area contributed by atoms with Gasteiger partial charge in [-0.05, 0) is 0 Å². The first-order valence-electron chi connectivity index (χ1n) is 17.8. The van der Waals surface area contributed by atoms with Crippen molar-refractivity contribution in [3.8, 4) is 11.1 Å². The third-order valence-corrected chi connectivity index (χ3v) is 17.8. The maximum atomic E-state index is 2.71. The van der Waals surface area contributed by atoms with Crippen LogP contribution < -0.4 is 28.1 Å². The summed E-state index contributed by atoms with van der Waals surface area (Å²) in [6.07, 6.45) is 8.95. The third-order valence-electron chi connectivity index (χ3n) is 10.1. The molecule has 0 radical (unpaired) electrons. The molecule has 0 fully saturated rings. The van der Waals surface area contributed by atoms with E-state index in [0.29, 0.717) is 5.92 Å². The van der Waals surface area contributed by atoms with Gasteiger partial charge in [-0.3, -0.25) is 0 Å². The van der Waals surface area contributed by atoms with E-state index in [9.17, 15) is 0 Å². The summed E-state index contributed by atoms with van der Waals surface area (Å²) in [4.78, 5) is 0. The fourth-order valence-corrected chi connectivity index (χ4v) is 16.6. The molecule has 260 valence electrons. The van der Waals surface area contributed by atoms with Gasteiger partial charge < -0.3 is 24.8 Å². The van der Waals surface area contributed by atoms with Crippen molar-refractivity contribution in [2.75, 3.05) is 0 Å². The van der Waals surface area contributed by atoms with E-state index in [2.05, 4.69) is 155 Å². The molecule has 1 atom stereocenters. The second-order valence-corrected chi connectivity index (χ2v) is 26.6. The Bertz CT molecular complexity index is 1590. The topological polar surface area (TPSA) is 0 Å². The average molecular weight is 757 g/mol. The maximum Gasteiger partial charge on any atom is -1.00 e. The van der Waals surface area contributed by atoms with Crippen molar-refractivity contribution in [2.24, 2.45) is 11.3 Å². The second kappa shape index (κ2) is 14.1. The molecule has 0 bridgehead atoms. The monoisotopic (exact) mass is 754 g/mol. The van der Waals surface area contributed by atoms with Gasteiger partial charge in [-0.1, -0.05) is 0 Å². The molecule has 0 saturated carbocycles. The molecule has 2 aromatic carbocycles. The SMILES string of the molecule is CCCC1C=C(C(C)(C)C)C=[C]1[Zr+2](=[C](C)C)[c]1c2c(cc(C(C)(C)C)c1C(C)(C)C)-c1cc(C(C)(C)C)c(C(C)(C)C)cc1C2.[Cl-].[Cl-]. The van der Waals surface area contributed by atoms with Crippen LogP contribution in [0.4, 0.5) is 0 Å². The summed E-state index contributed by atoms with van der Waals surface area (Å²) in [7, 11) is 0. The van der Waals surface area contributed by atoms with E-state index in [4.69, 9.17) is 0 Å². The Hall–Kier alpha value is -0.747. The van der Waals surface area contributed by atoms with Crippen molar-refractivity contribution in [1.82, 2.24) is 0 Å². The summed E-state index contributed by atoms with van der Waals surface area (Å²) in [6, 6.07) is 7.90. The van der Waals surface area contributed by atoms with Crippen LogP contribution in [0, 0.1) is 11.3 Å². The van der Waals surface area contributed by atoms with Crippen molar-refractivity contribution < 1.29 is 46.1 Å². The van der Waals surface area contributed by atoms with Crippen LogP contribution in [0.1, 0.15) is 171 Å². The molecule has 4 rings (SSSR count). The number of rotatable bonds is 4. The van der Waals surface area contributed by atoms with E-state index < -0.39 is 21.3 Å². The largest absolute Gasteiger partial charge is 1.00 e. The summed E-state index contributed by atoms with van der Waals surface area (Å²) in [5.74, 6) is 0.582. The van der Waals surface area contributed by atoms with E-state index in [0.717, 1.165) is 6.42 Å². The normalized spacial score (nSPS) is 16.3. The number of fused-ring (bicyclic) bond motifs is 3. The van der Waals surface area contributed by atoms with Crippen molar-refractivity contribution >= 4 is 6.48 Å². The van der Waals surface area contributed by atoms with E-state index in [-0.39, 0.29) is 51.9 Å². The first kappa shape index (κ1) is 42.4. The van der Waals surface area contributed by atoms with Crippen LogP contribution in [0.25, 0.3) is 11.1 Å². The molecule has 2 aliphatic carbocycles. The zero-order chi connectivity index (χ0) is 34.2. The van der Waals surface area contributed by atoms with E-state index in [1.807, 2.05) is 6.55 Å². The molecule has 47 heavy (non-hydrogen) atoms. The molecule has 0 saturated heterocycles. The quantitative estimate of drug-likeness (QED) is 0.298. The summed E-state index contributed by atoms with van der Waals surface area (Å²) in [5, 5.41) is 0. The molecule has 0 aliphatic heterocycles. The number of benzene rings is 2. The van der Waals surface area contributed by atoms with Gasteiger partial charge in [-0.25, -0.2) is 0 Å². The number of hydrogen-bond donors (Lipinski definition) is 0. The summed E-state index contributed by atoms with van der Waals surface area (Å²) in [6.45, 7) is 43.8. The van der Waals surface area contributed by atoms with Crippen LogP contribution in [0.15, 0.2) is 39.2 Å². The van der Waals surface area contributed by atoms with Crippen LogP contribution in [-0.4, -0.2) is 3.21 Å². The van der Waals surface area contributed by atoms with Crippen molar-refractivity contribution in [1.29, 1.82) is 0 Å². The molecule has 0 aromatic heterocycles. The molecule has 1 unspecified atom stereocenters. The minimum Gasteiger partial charge on any atom is -1.00 e. The fourth-order valence-electron chi connectivity index (χ4n) is 7.85. The van der Waals surface area contributed by atoms with Gasteiger partial charge in [0.1, 0.15) is 0 Å². The second-order valence-electron chi connectivity index (χ2n) is 19.7. The molecule has 0 N–H and O–H groups in total. The molecular formula is C44H66Cl2Zr. The number of halogens is 2. The first-order valence-corrected chi connectivity index (χ1v) is 21.5. The Kier molecular flexibility index (Phi) is 12.7. The van der Waals surface area contributed by atoms with Gasteiger partial charge in [0.15, 0.2) is 0 Å². The average Bonchev–Trinajstić information content (AvgIpc) is 3.42. The summed E-state index contributed by atoms with van der Waals surface area (Å²) >= 11 is -2.53. The van der Waals surface area contributed by atoms with Crippen LogP contribution in [0.3, 0.4) is 0 Å². The molecule has 0 amide bonds. The van der Waals surface area contributed by atoms with Crippen molar-refractivity contribution in [2.45, 2.75) is 166 Å². The van der Waals surface area contributed by atoms with Gasteiger partial charge in [0.2, 0.25) is 0 Å². The van der Waals surface area contributed by atoms with Gasteiger partial charge in [-0.2, -0.15) is 0 Å². The summed E-state index contributed by atoms with van der Waals surface area (Å²) in [5.41, 5.74) is 14.6. The third kappa shape index (κ3) is 8.42. The van der Waals surface area contributed by atoms with Gasteiger partial charge in [-0.15, -0.1) is 0 Å². The Morgan fingerprint density at radius 3 is 1.57 bits per heavy atom. The predicted octanol–water partition coefficient (Wildman–Crippen LogP) is 6.20. The van der Waals surface area contributed by atoms with Gasteiger partial charge in [0, 0.05) is 0 Å². The van der Waals surface area contributed by atoms with Crippen molar-refractivity contribution in [3.63, 3.8) is 0 Å². The number of allylic oxidation sites excluding steroid dienone is 4. The molecule has 3 heteroatoms. The van der Waals surface area contributed by atoms with E-state index in [1.165, 1.54) is 35.1 Å². The Balaban J connectivity index is 0.00000384. The zero-order valence-corrected chi connectivity index (χ0v) is 37.3. The smallest absolute Gasteiger partial charge is 1.00 e. The maximum absolute atomic E-state index is 2.71. The molecule has 0 spiro atoms. The van der Waals surface area contributed by atoms with E-state index >= 15 is 0 Å². The predicted molar refractivity (Wildman–Crippen MR) is 199 cm³/mol. The Labute approximate surface area is 311 Å². The standard InChI is InChI=1S/C29H41.C12H19.C3H6.2ClH.Zr/c1-26(2,3)22-14-18-13-19-15-23(27(4,5)6)25(29(10,11)12)17-21(19)20(18)16-24(22)28(7,8)9;1-5-6-10-7-8-11(9-10)12(2,3)4;1-3-2;;;/h14,16-17H,13H2,1-12H3;8-10H,5-6H2,1-4H3;1-2H3;2*1H;/q;;;;;+2/p-2. The van der Waals surface area contributed by atoms with Crippen LogP contribution in [0.5, 0.6) is 0 Å². The minimum atomic E-state index is -2.53. The van der Waals surface area contributed by atoms with E-state index in [1.54, 1.807) is 31.0 Å². The molecule has 0 heterocycles. The Morgan fingerprint density at radius 1 is 0.660 bits per heavy atom. The van der Waals surface area contributed by atoms with Crippen LogP contribution >= 0.6 is 0 Å². The van der Waals surface area contributed by atoms with Crippen LogP contribution in [0.2, 0.25) is 0 Å². The first-order chi connectivity index (χ1) is 20.3. The molecule has 0 nitrogen and oxygen atoms in total. The molecular weight excluding hydrogens is 691 g/mol. The van der Waals surface area contributed by atoms with Gasteiger partial charge in [0.25, 0.3) is 0 Å². The van der Waals surface area contributed by atoms with Gasteiger partial charge >= 0.3 is 288 Å². The van der Waals surface area contributed by atoms with Crippen LogP contribution in [-0.2, 0) is 49.3 Å². The van der Waals surface area contributed by atoms with Crippen molar-refractivity contribution in [3.05, 3.63) is 72.6 Å². The molecule has 2 aliphatic rings. The van der Waals surface area contributed by atoms with Gasteiger partial charge in [0.05, 0.1) is 0 Å². The fraction of sp³-hybridized carbons (Fsp3) is 0.614. The number of hydrogen-bond acceptors (Lipinski definition) is 0. The zero-order valence-electron chi connectivity index (χ0n) is 33.3. The molecule has 2 aromatic rings. The minimum absolute atomic E-state index is 0. The summed E-state index contributed by atoms with van der Waals surface area (Å²) < 4.78 is 5.35. The Morgan fingerprint density at radius 2 is 1.15 bits per heavy atom.